The van der Waals surface area contributed by atoms with Crippen LogP contribution >= 0.6 is 38.7 Å². The highest BCUT2D eigenvalue weighted by Crippen LogP contribution is 2.51. The molecule has 0 bridgehead atoms. The van der Waals surface area contributed by atoms with Gasteiger partial charge in [-0.25, -0.2) is 8.78 Å². The highest BCUT2D eigenvalue weighted by Gasteiger charge is 2.45. The molecule has 82 heavy (non-hydrogen) atoms. The molecule has 0 saturated carbocycles. The number of halogens is 2. The van der Waals surface area contributed by atoms with Gasteiger partial charge in [0.15, 0.2) is 5.78 Å². The van der Waals surface area contributed by atoms with Gasteiger partial charge in [0.2, 0.25) is 0 Å². The third-order valence-corrected chi connectivity index (χ3v) is 19.5. The Morgan fingerprint density at radius 3 is 1.40 bits per heavy atom. The highest BCUT2D eigenvalue weighted by molar-refractivity contribution is 8.15. The van der Waals surface area contributed by atoms with Crippen LogP contribution in [0.15, 0.2) is 194 Å². The summed E-state index contributed by atoms with van der Waals surface area (Å²) in [6.45, 7) is 0. The quantitative estimate of drug-likeness (QED) is 0.0400. The standard InChI is InChI=1S/C32H29FNO6PS.C30H27FNO6PS/c1-39-41(38,40-2)26-15-10-21(11-16-26)23-12-17-27(29(36)20-23)31-30(19-18-28(35)22-8-13-24(33)14-9-22)42-32(37)34(31)25-6-4-3-5-7-25;31-22-11-6-20(7-12-22)26(33)16-17-28-29(32(30(35)40-28)23-4-2-1-3-5-23)25-15-10-21(18-27(25)34)19-8-13-24(14-9-19)39(36,37)38/h3-17,20,30-31,36H,18-19H2,1-2H3;1-15,18,26,28-29,33-34H,16-17H2,(H2,36,37,38)/t30-,31-;26-,28+,29+/m10/s1. The van der Waals surface area contributed by atoms with E-state index in [2.05, 4.69) is 0 Å². The molecular weight excluding hydrogens is 1130 g/mol. The SMILES string of the molecule is COP(=O)(OC)c1ccc(-c2ccc([C@@H]3[C@@H](CCC(=O)c4ccc(F)cc4)SC(=O)N3c3ccccc3)c(O)c2)cc1.O=C1S[C@H](CC[C@H](O)c2ccc(F)cc2)[C@@H](c2ccc(-c3ccc(P(=O)(O)O)cc3)cc2O)N1c1ccccc1. The number of amides is 2. The van der Waals surface area contributed by atoms with Crippen LogP contribution in [0.3, 0.4) is 0 Å². The number of benzene rings is 8. The lowest BCUT2D eigenvalue weighted by Crippen LogP contribution is -2.29. The van der Waals surface area contributed by atoms with Crippen molar-refractivity contribution in [2.45, 2.75) is 54.4 Å². The molecule has 0 aromatic heterocycles. The maximum Gasteiger partial charge on any atom is 0.360 e. The molecule has 5 N–H and O–H groups in total. The molecule has 0 radical (unpaired) electrons. The average Bonchev–Trinajstić information content (AvgIpc) is 4.13. The van der Waals surface area contributed by atoms with Gasteiger partial charge in [0, 0.05) is 59.2 Å². The zero-order chi connectivity index (χ0) is 58.3. The Hall–Kier alpha value is -7.21. The Bertz CT molecular complexity index is 3650. The van der Waals surface area contributed by atoms with E-state index in [0.717, 1.165) is 34.7 Å². The van der Waals surface area contributed by atoms with Crippen molar-refractivity contribution < 1.29 is 66.4 Å². The zero-order valence-corrected chi connectivity index (χ0v) is 47.6. The molecule has 422 valence electrons. The van der Waals surface area contributed by atoms with Crippen molar-refractivity contribution in [2.24, 2.45) is 0 Å². The van der Waals surface area contributed by atoms with E-state index in [0.29, 0.717) is 69.3 Å². The molecule has 2 fully saturated rings. The largest absolute Gasteiger partial charge is 0.508 e. The van der Waals surface area contributed by atoms with Crippen molar-refractivity contribution >= 4 is 77.0 Å². The summed E-state index contributed by atoms with van der Waals surface area (Å²) in [7, 11) is -5.11. The minimum atomic E-state index is -4.37. The monoisotopic (exact) mass is 1180 g/mol. The molecule has 2 heterocycles. The first kappa shape index (κ1) is 59.4. The number of carbonyl (C=O) groups excluding carboxylic acids is 3. The second-order valence-corrected chi connectivity index (χ2v) is 25.5. The Morgan fingerprint density at radius 2 is 0.976 bits per heavy atom. The van der Waals surface area contributed by atoms with Crippen LogP contribution in [0.1, 0.15) is 70.9 Å². The first-order valence-electron chi connectivity index (χ1n) is 25.8. The topological polar surface area (TPSA) is 211 Å². The number of carbonyl (C=O) groups is 3. The number of hydrogen-bond donors (Lipinski definition) is 5. The van der Waals surface area contributed by atoms with E-state index >= 15 is 0 Å². The van der Waals surface area contributed by atoms with Gasteiger partial charge in [-0.2, -0.15) is 0 Å². The molecule has 8 aromatic rings. The van der Waals surface area contributed by atoms with Gasteiger partial charge in [-0.3, -0.25) is 33.3 Å². The van der Waals surface area contributed by atoms with E-state index in [4.69, 9.17) is 9.05 Å². The van der Waals surface area contributed by atoms with E-state index in [-0.39, 0.29) is 55.8 Å². The van der Waals surface area contributed by atoms with Gasteiger partial charge >= 0.3 is 15.2 Å². The summed E-state index contributed by atoms with van der Waals surface area (Å²) >= 11 is 2.30. The number of aliphatic hydroxyl groups is 1. The number of nitrogens with zero attached hydrogens (tertiary/aromatic N) is 2. The fourth-order valence-electron chi connectivity index (χ4n) is 10.0. The summed E-state index contributed by atoms with van der Waals surface area (Å²) < 4.78 is 61.0. The van der Waals surface area contributed by atoms with Gasteiger partial charge in [-0.05, 0) is 144 Å². The van der Waals surface area contributed by atoms with Crippen molar-refractivity contribution in [1.29, 1.82) is 0 Å². The molecule has 0 aliphatic carbocycles. The number of hydrogen-bond acceptors (Lipinski definition) is 12. The van der Waals surface area contributed by atoms with Crippen molar-refractivity contribution in [1.82, 2.24) is 0 Å². The number of ketones is 1. The predicted octanol–water partition coefficient (Wildman–Crippen LogP) is 14.1. The molecule has 2 amide bonds. The lowest BCUT2D eigenvalue weighted by molar-refractivity contribution is 0.0979. The Labute approximate surface area is 481 Å². The summed E-state index contributed by atoms with van der Waals surface area (Å²) in [6, 6.07) is 51.6. The van der Waals surface area contributed by atoms with Crippen LogP contribution in [-0.2, 0) is 18.2 Å². The number of thioether (sulfide) groups is 2. The second-order valence-electron chi connectivity index (χ2n) is 19.3. The maximum atomic E-state index is 13.3. The lowest BCUT2D eigenvalue weighted by atomic mass is 9.93. The number of phenols is 2. The predicted molar refractivity (Wildman–Crippen MR) is 317 cm³/mol. The third-order valence-electron chi connectivity index (χ3n) is 14.3. The summed E-state index contributed by atoms with van der Waals surface area (Å²) in [5, 5.41) is 32.6. The molecule has 2 aliphatic rings. The number of rotatable bonds is 18. The number of Topliss-reactive ketones (excluding diaryl/α,β-unsaturated/α-hetero) is 1. The van der Waals surface area contributed by atoms with Gasteiger partial charge in [-0.15, -0.1) is 0 Å². The summed E-state index contributed by atoms with van der Waals surface area (Å²) in [5.41, 5.74) is 6.27. The van der Waals surface area contributed by atoms with Crippen LogP contribution in [0.25, 0.3) is 22.3 Å². The Morgan fingerprint density at radius 1 is 0.561 bits per heavy atom. The minimum absolute atomic E-state index is 0.00660. The molecule has 0 spiro atoms. The first-order valence-corrected chi connectivity index (χ1v) is 30.7. The van der Waals surface area contributed by atoms with Gasteiger partial charge in [0.1, 0.15) is 23.1 Å². The molecule has 10 rings (SSSR count). The summed E-state index contributed by atoms with van der Waals surface area (Å²) in [4.78, 5) is 61.5. The van der Waals surface area contributed by atoms with E-state index < -0.39 is 39.2 Å². The first-order chi connectivity index (χ1) is 39.3. The van der Waals surface area contributed by atoms with Crippen LogP contribution in [0.5, 0.6) is 11.5 Å². The summed E-state index contributed by atoms with van der Waals surface area (Å²) in [5.74, 6) is -0.964. The van der Waals surface area contributed by atoms with Crippen LogP contribution in [0, 0.1) is 11.6 Å². The van der Waals surface area contributed by atoms with Gasteiger partial charge in [-0.1, -0.05) is 121 Å². The van der Waals surface area contributed by atoms with E-state index in [9.17, 15) is 57.4 Å². The molecule has 5 atom stereocenters. The van der Waals surface area contributed by atoms with E-state index in [1.54, 1.807) is 76.5 Å². The van der Waals surface area contributed by atoms with Gasteiger partial charge in [0.25, 0.3) is 10.5 Å². The van der Waals surface area contributed by atoms with Crippen molar-refractivity contribution in [3.8, 4) is 33.8 Å². The number of aliphatic hydroxyl groups excluding tert-OH is 1. The molecule has 2 aliphatic heterocycles. The maximum absolute atomic E-state index is 13.3. The number of anilines is 2. The molecular formula is C62H56F2N2O12P2S2. The van der Waals surface area contributed by atoms with Crippen LogP contribution in [0.4, 0.5) is 29.7 Å². The van der Waals surface area contributed by atoms with Gasteiger partial charge < -0.3 is 34.2 Å². The smallest absolute Gasteiger partial charge is 0.360 e. The third kappa shape index (κ3) is 13.5. The number of para-hydroxylation sites is 2. The van der Waals surface area contributed by atoms with E-state index in [1.165, 1.54) is 74.9 Å². The molecule has 8 aromatic carbocycles. The van der Waals surface area contributed by atoms with Crippen molar-refractivity contribution in [3.05, 3.63) is 228 Å². The number of aromatic hydroxyl groups is 2. The van der Waals surface area contributed by atoms with E-state index in [1.807, 2.05) is 66.7 Å². The summed E-state index contributed by atoms with van der Waals surface area (Å²) in [6.07, 6.45) is 0.486. The van der Waals surface area contributed by atoms with Crippen LogP contribution in [0.2, 0.25) is 0 Å². The molecule has 20 heteroatoms. The van der Waals surface area contributed by atoms with Gasteiger partial charge in [0.05, 0.1) is 28.8 Å². The molecule has 0 unspecified atom stereocenters. The Balaban J connectivity index is 0.000000198. The minimum Gasteiger partial charge on any atom is -0.508 e. The molecule has 14 nitrogen and oxygen atoms in total. The second kappa shape index (κ2) is 25.9. The normalized spacial score (nSPS) is 17.6. The zero-order valence-electron chi connectivity index (χ0n) is 44.1. The van der Waals surface area contributed by atoms with Crippen molar-refractivity contribution in [2.75, 3.05) is 24.0 Å². The fraction of sp³-hybridized carbons (Fsp3) is 0.177. The lowest BCUT2D eigenvalue weighted by Gasteiger charge is -2.29. The van der Waals surface area contributed by atoms with Crippen molar-refractivity contribution in [3.63, 3.8) is 0 Å². The number of phenolic OH excluding ortho intramolecular Hbond substituents is 2. The van der Waals surface area contributed by atoms with Crippen LogP contribution < -0.4 is 20.4 Å². The molecule has 2 saturated heterocycles. The Kier molecular flexibility index (Phi) is 18.8. The highest BCUT2D eigenvalue weighted by atomic mass is 32.2. The average molecular weight is 1190 g/mol. The fourth-order valence-corrected chi connectivity index (χ4v) is 14.1. The van der Waals surface area contributed by atoms with Crippen LogP contribution in [-0.4, -0.2) is 66.1 Å².